The van der Waals surface area contributed by atoms with Gasteiger partial charge in [-0.15, -0.1) is 0 Å². The van der Waals surface area contributed by atoms with Crippen LogP contribution in [0.5, 0.6) is 0 Å². The Kier molecular flexibility index (Phi) is 4.33. The maximum absolute atomic E-state index is 13.3. The summed E-state index contributed by atoms with van der Waals surface area (Å²) in [5, 5.41) is 11.8. The molecule has 84 valence electrons. The van der Waals surface area contributed by atoms with Crippen LogP contribution >= 0.6 is 0 Å². The summed E-state index contributed by atoms with van der Waals surface area (Å²) in [5.74, 6) is -0.440. The number of nitrogens with two attached hydrogens (primary N) is 1. The van der Waals surface area contributed by atoms with Gasteiger partial charge in [0, 0.05) is 12.8 Å². The van der Waals surface area contributed by atoms with E-state index in [9.17, 15) is 4.39 Å². The number of nitrogen functional groups attached to an aromatic ring is 1. The Labute approximate surface area is 87.9 Å². The van der Waals surface area contributed by atoms with Crippen molar-refractivity contribution in [3.05, 3.63) is 24.0 Å². The van der Waals surface area contributed by atoms with Gasteiger partial charge in [-0.2, -0.15) is 0 Å². The highest BCUT2D eigenvalue weighted by Gasteiger charge is 2.09. The van der Waals surface area contributed by atoms with Gasteiger partial charge in [-0.05, 0) is 18.2 Å². The van der Waals surface area contributed by atoms with E-state index in [1.165, 1.54) is 19.2 Å². The second-order valence-corrected chi connectivity index (χ2v) is 3.22. The molecule has 0 heterocycles. The minimum absolute atomic E-state index is 0.127. The molecule has 0 fully saturated rings. The molecule has 1 aromatic carbocycles. The molecule has 0 aliphatic heterocycles. The van der Waals surface area contributed by atoms with E-state index in [4.69, 9.17) is 15.6 Å². The van der Waals surface area contributed by atoms with Crippen molar-refractivity contribution in [3.8, 4) is 0 Å². The third-order valence-electron chi connectivity index (χ3n) is 1.94. The van der Waals surface area contributed by atoms with Crippen molar-refractivity contribution in [1.29, 1.82) is 0 Å². The van der Waals surface area contributed by atoms with E-state index in [-0.39, 0.29) is 12.6 Å². The van der Waals surface area contributed by atoms with Crippen LogP contribution in [-0.4, -0.2) is 31.5 Å². The highest BCUT2D eigenvalue weighted by atomic mass is 19.1. The summed E-state index contributed by atoms with van der Waals surface area (Å²) in [4.78, 5) is 0. The van der Waals surface area contributed by atoms with Crippen molar-refractivity contribution in [1.82, 2.24) is 0 Å². The molecule has 1 unspecified atom stereocenters. The molecule has 0 aliphatic carbocycles. The van der Waals surface area contributed by atoms with Crippen LogP contribution < -0.4 is 11.1 Å². The van der Waals surface area contributed by atoms with Gasteiger partial charge in [0.1, 0.15) is 5.82 Å². The molecule has 5 heteroatoms. The van der Waals surface area contributed by atoms with Gasteiger partial charge in [0.15, 0.2) is 0 Å². The number of halogens is 1. The Morgan fingerprint density at radius 3 is 2.87 bits per heavy atom. The standard InChI is InChI=1S/C10H15FN2O2/c1-15-6-8(5-14)13-10-3-2-7(12)4-9(10)11/h2-4,8,13-14H,5-6,12H2,1H3. The highest BCUT2D eigenvalue weighted by Crippen LogP contribution is 2.17. The predicted octanol–water partition coefficient (Wildman–Crippen LogP) is 0.827. The number of methoxy groups -OCH3 is 1. The van der Waals surface area contributed by atoms with Gasteiger partial charge in [-0.3, -0.25) is 0 Å². The fraction of sp³-hybridized carbons (Fsp3) is 0.400. The molecular formula is C10H15FN2O2. The molecule has 4 nitrogen and oxygen atoms in total. The Hall–Kier alpha value is -1.33. The molecule has 0 saturated heterocycles. The van der Waals surface area contributed by atoms with E-state index in [1.54, 1.807) is 6.07 Å². The molecule has 1 rings (SSSR count). The summed E-state index contributed by atoms with van der Waals surface area (Å²) >= 11 is 0. The number of rotatable bonds is 5. The smallest absolute Gasteiger partial charge is 0.148 e. The number of aliphatic hydroxyl groups excluding tert-OH is 1. The van der Waals surface area contributed by atoms with E-state index < -0.39 is 5.82 Å². The van der Waals surface area contributed by atoms with E-state index in [2.05, 4.69) is 5.32 Å². The lowest BCUT2D eigenvalue weighted by atomic mass is 10.2. The maximum Gasteiger partial charge on any atom is 0.148 e. The van der Waals surface area contributed by atoms with Crippen molar-refractivity contribution in [2.24, 2.45) is 0 Å². The van der Waals surface area contributed by atoms with Crippen molar-refractivity contribution in [2.45, 2.75) is 6.04 Å². The molecule has 0 bridgehead atoms. The first-order valence-electron chi connectivity index (χ1n) is 4.58. The van der Waals surface area contributed by atoms with Crippen LogP contribution in [0.25, 0.3) is 0 Å². The molecule has 0 amide bonds. The first-order chi connectivity index (χ1) is 7.17. The largest absolute Gasteiger partial charge is 0.399 e. The topological polar surface area (TPSA) is 67.5 Å². The number of hydrogen-bond donors (Lipinski definition) is 3. The van der Waals surface area contributed by atoms with Gasteiger partial charge < -0.3 is 20.9 Å². The lowest BCUT2D eigenvalue weighted by molar-refractivity contribution is 0.153. The zero-order valence-corrected chi connectivity index (χ0v) is 8.53. The average molecular weight is 214 g/mol. The molecule has 0 aliphatic rings. The second kappa shape index (κ2) is 5.53. The molecule has 0 spiro atoms. The van der Waals surface area contributed by atoms with Gasteiger partial charge in [0.25, 0.3) is 0 Å². The molecular weight excluding hydrogens is 199 g/mol. The lowest BCUT2D eigenvalue weighted by Gasteiger charge is -2.17. The fourth-order valence-corrected chi connectivity index (χ4v) is 1.21. The summed E-state index contributed by atoms with van der Waals surface area (Å²) in [6.07, 6.45) is 0. The van der Waals surface area contributed by atoms with Gasteiger partial charge >= 0.3 is 0 Å². The first kappa shape index (κ1) is 11.7. The van der Waals surface area contributed by atoms with E-state index in [0.717, 1.165) is 0 Å². The molecule has 4 N–H and O–H groups in total. The zero-order chi connectivity index (χ0) is 11.3. The Morgan fingerprint density at radius 1 is 1.60 bits per heavy atom. The Morgan fingerprint density at radius 2 is 2.33 bits per heavy atom. The number of benzene rings is 1. The van der Waals surface area contributed by atoms with Crippen molar-refractivity contribution in [3.63, 3.8) is 0 Å². The summed E-state index contributed by atoms with van der Waals surface area (Å²) < 4.78 is 18.2. The number of hydrogen-bond acceptors (Lipinski definition) is 4. The number of anilines is 2. The summed E-state index contributed by atoms with van der Waals surface area (Å²) in [6, 6.07) is 4.02. The van der Waals surface area contributed by atoms with E-state index in [1.807, 2.05) is 0 Å². The summed E-state index contributed by atoms with van der Waals surface area (Å²) in [5.41, 5.74) is 6.08. The minimum Gasteiger partial charge on any atom is -0.399 e. The number of aliphatic hydroxyl groups is 1. The monoisotopic (exact) mass is 214 g/mol. The van der Waals surface area contributed by atoms with Gasteiger partial charge in [0.05, 0.1) is 24.9 Å². The lowest BCUT2D eigenvalue weighted by Crippen LogP contribution is -2.29. The van der Waals surface area contributed by atoms with Crippen LogP contribution in [0.1, 0.15) is 0 Å². The highest BCUT2D eigenvalue weighted by molar-refractivity contribution is 5.53. The second-order valence-electron chi connectivity index (χ2n) is 3.22. The van der Waals surface area contributed by atoms with Crippen LogP contribution in [0.2, 0.25) is 0 Å². The summed E-state index contributed by atoms with van der Waals surface area (Å²) in [6.45, 7) is 0.179. The third-order valence-corrected chi connectivity index (χ3v) is 1.94. The molecule has 1 atom stereocenters. The van der Waals surface area contributed by atoms with Crippen molar-refractivity contribution < 1.29 is 14.2 Å². The normalized spacial score (nSPS) is 12.5. The quantitative estimate of drug-likeness (QED) is 0.635. The van der Waals surface area contributed by atoms with Crippen LogP contribution in [-0.2, 0) is 4.74 Å². The number of nitrogens with one attached hydrogen (secondary N) is 1. The van der Waals surface area contributed by atoms with Crippen molar-refractivity contribution >= 4 is 11.4 Å². The van der Waals surface area contributed by atoms with Crippen LogP contribution in [0.3, 0.4) is 0 Å². The minimum atomic E-state index is -0.440. The molecule has 1 aromatic rings. The SMILES string of the molecule is COCC(CO)Nc1ccc(N)cc1F. The van der Waals surface area contributed by atoms with Crippen LogP contribution in [0.4, 0.5) is 15.8 Å². The van der Waals surface area contributed by atoms with E-state index >= 15 is 0 Å². The predicted molar refractivity (Wildman–Crippen MR) is 57.2 cm³/mol. The van der Waals surface area contributed by atoms with Crippen LogP contribution in [0.15, 0.2) is 18.2 Å². The first-order valence-corrected chi connectivity index (χ1v) is 4.58. The summed E-state index contributed by atoms with van der Waals surface area (Å²) in [7, 11) is 1.52. The number of ether oxygens (including phenoxy) is 1. The van der Waals surface area contributed by atoms with Crippen molar-refractivity contribution in [2.75, 3.05) is 31.4 Å². The maximum atomic E-state index is 13.3. The van der Waals surface area contributed by atoms with Gasteiger partial charge in [-0.25, -0.2) is 4.39 Å². The van der Waals surface area contributed by atoms with Crippen LogP contribution in [0, 0.1) is 5.82 Å². The average Bonchev–Trinajstić information content (AvgIpc) is 2.21. The fourth-order valence-electron chi connectivity index (χ4n) is 1.21. The Bertz CT molecular complexity index is 320. The Balaban J connectivity index is 2.70. The zero-order valence-electron chi connectivity index (χ0n) is 8.53. The molecule has 15 heavy (non-hydrogen) atoms. The third kappa shape index (κ3) is 3.38. The molecule has 0 saturated carbocycles. The molecule has 0 aromatic heterocycles. The van der Waals surface area contributed by atoms with Gasteiger partial charge in [0.2, 0.25) is 0 Å². The van der Waals surface area contributed by atoms with Gasteiger partial charge in [-0.1, -0.05) is 0 Å². The molecule has 0 radical (unpaired) electrons. The van der Waals surface area contributed by atoms with E-state index in [0.29, 0.717) is 18.0 Å².